The van der Waals surface area contributed by atoms with Crippen molar-refractivity contribution in [3.05, 3.63) is 59.2 Å². The first kappa shape index (κ1) is 25.8. The van der Waals surface area contributed by atoms with Gasteiger partial charge in [0.05, 0.1) is 23.3 Å². The van der Waals surface area contributed by atoms with Gasteiger partial charge in [0, 0.05) is 43.6 Å². The maximum atomic E-state index is 13.2. The van der Waals surface area contributed by atoms with Crippen LogP contribution in [-0.4, -0.2) is 55.7 Å². The molecule has 1 N–H and O–H groups in total. The lowest BCUT2D eigenvalue weighted by Gasteiger charge is -2.36. The molecule has 1 saturated carbocycles. The van der Waals surface area contributed by atoms with Crippen LogP contribution in [0.15, 0.2) is 42.5 Å². The number of hydrogen-bond acceptors (Lipinski definition) is 5. The number of halogens is 3. The number of nitrogens with zero attached hydrogens (tertiary/aromatic N) is 3. The van der Waals surface area contributed by atoms with Gasteiger partial charge in [-0.2, -0.15) is 18.4 Å². The van der Waals surface area contributed by atoms with Crippen LogP contribution in [0.2, 0.25) is 0 Å². The quantitative estimate of drug-likeness (QED) is 0.606. The number of ether oxygens (including phenoxy) is 1. The number of piperazine rings is 1. The molecule has 4 rings (SSSR count). The monoisotopic (exact) mass is 500 g/mol. The highest BCUT2D eigenvalue weighted by atomic mass is 19.4. The van der Waals surface area contributed by atoms with Crippen molar-refractivity contribution < 1.29 is 22.7 Å². The molecule has 1 aliphatic heterocycles. The molecule has 0 aromatic heterocycles. The fourth-order valence-corrected chi connectivity index (χ4v) is 4.83. The van der Waals surface area contributed by atoms with Crippen LogP contribution in [0.4, 0.5) is 24.5 Å². The van der Waals surface area contributed by atoms with Crippen LogP contribution in [0, 0.1) is 18.3 Å². The van der Waals surface area contributed by atoms with Gasteiger partial charge >= 0.3 is 6.18 Å². The number of carbonyl (C=O) groups excluding carboxylic acids is 1. The number of nitrogens with one attached hydrogen (secondary N) is 1. The van der Waals surface area contributed by atoms with Gasteiger partial charge in [-0.05, 0) is 62.9 Å². The number of rotatable bonds is 6. The summed E-state index contributed by atoms with van der Waals surface area (Å²) in [4.78, 5) is 16.8. The predicted octanol–water partition coefficient (Wildman–Crippen LogP) is 4.97. The van der Waals surface area contributed by atoms with E-state index in [1.54, 1.807) is 6.07 Å². The zero-order chi connectivity index (χ0) is 25.7. The molecule has 2 fully saturated rings. The largest absolute Gasteiger partial charge is 0.417 e. The Morgan fingerprint density at radius 3 is 2.33 bits per heavy atom. The van der Waals surface area contributed by atoms with E-state index in [-0.39, 0.29) is 30.2 Å². The van der Waals surface area contributed by atoms with Crippen molar-refractivity contribution in [2.75, 3.05) is 43.0 Å². The van der Waals surface area contributed by atoms with Crippen molar-refractivity contribution in [3.8, 4) is 6.07 Å². The van der Waals surface area contributed by atoms with Gasteiger partial charge in [0.25, 0.3) is 0 Å². The molecule has 0 radical (unpaired) electrons. The number of amides is 1. The molecule has 1 heterocycles. The third-order valence-electron chi connectivity index (χ3n) is 6.96. The van der Waals surface area contributed by atoms with Crippen LogP contribution in [0.25, 0.3) is 0 Å². The molecule has 0 atom stereocenters. The Bertz CT molecular complexity index is 1080. The van der Waals surface area contributed by atoms with Gasteiger partial charge in [0.2, 0.25) is 5.91 Å². The van der Waals surface area contributed by atoms with E-state index in [2.05, 4.69) is 41.4 Å². The maximum absolute atomic E-state index is 13.2. The first-order valence-electron chi connectivity index (χ1n) is 12.3. The Labute approximate surface area is 209 Å². The summed E-state index contributed by atoms with van der Waals surface area (Å²) in [5.74, 6) is -0.00364. The van der Waals surface area contributed by atoms with Gasteiger partial charge < -0.3 is 19.9 Å². The van der Waals surface area contributed by atoms with E-state index in [1.807, 2.05) is 4.90 Å². The smallest absolute Gasteiger partial charge is 0.382 e. The van der Waals surface area contributed by atoms with E-state index in [0.717, 1.165) is 44.8 Å². The molecule has 1 amide bonds. The molecule has 0 bridgehead atoms. The Hall–Kier alpha value is -3.25. The zero-order valence-corrected chi connectivity index (χ0v) is 20.4. The number of alkyl halides is 3. The molecule has 1 saturated heterocycles. The molecular formula is C27H31F3N4O2. The number of anilines is 2. The summed E-state index contributed by atoms with van der Waals surface area (Å²) in [5, 5.41) is 12.1. The van der Waals surface area contributed by atoms with E-state index in [4.69, 9.17) is 10.00 Å². The normalized spacial score (nSPS) is 20.6. The van der Waals surface area contributed by atoms with Crippen LogP contribution in [0.1, 0.15) is 42.4 Å². The van der Waals surface area contributed by atoms with Gasteiger partial charge in [-0.25, -0.2) is 0 Å². The van der Waals surface area contributed by atoms with E-state index in [0.29, 0.717) is 18.8 Å². The molecule has 2 aliphatic rings. The van der Waals surface area contributed by atoms with E-state index in [1.165, 1.54) is 23.4 Å². The minimum atomic E-state index is -4.58. The Kier molecular flexibility index (Phi) is 8.04. The summed E-state index contributed by atoms with van der Waals surface area (Å²) in [7, 11) is 0. The first-order valence-corrected chi connectivity index (χ1v) is 12.3. The summed E-state index contributed by atoms with van der Waals surface area (Å²) in [6.45, 7) is 5.02. The van der Waals surface area contributed by atoms with Gasteiger partial charge in [-0.1, -0.05) is 17.7 Å². The number of hydrogen-bond donors (Lipinski definition) is 1. The highest BCUT2D eigenvalue weighted by Crippen LogP contribution is 2.34. The molecule has 36 heavy (non-hydrogen) atoms. The van der Waals surface area contributed by atoms with Gasteiger partial charge in [0.1, 0.15) is 6.61 Å². The Morgan fingerprint density at radius 1 is 1.06 bits per heavy atom. The minimum Gasteiger partial charge on any atom is -0.382 e. The molecule has 6 nitrogen and oxygen atoms in total. The highest BCUT2D eigenvalue weighted by molar-refractivity contribution is 5.77. The Balaban J connectivity index is 1.19. The van der Waals surface area contributed by atoms with E-state index < -0.39 is 11.7 Å². The van der Waals surface area contributed by atoms with Crippen LogP contribution in [-0.2, 0) is 15.7 Å². The number of nitriles is 1. The number of benzene rings is 2. The fraction of sp³-hybridized carbons (Fsp3) is 0.481. The van der Waals surface area contributed by atoms with Crippen LogP contribution < -0.4 is 10.2 Å². The second-order valence-electron chi connectivity index (χ2n) is 9.50. The van der Waals surface area contributed by atoms with Gasteiger partial charge in [0.15, 0.2) is 0 Å². The first-order chi connectivity index (χ1) is 17.2. The molecule has 192 valence electrons. The van der Waals surface area contributed by atoms with Crippen molar-refractivity contribution >= 4 is 17.3 Å². The van der Waals surface area contributed by atoms with Crippen molar-refractivity contribution in [2.45, 2.75) is 50.9 Å². The number of carbonyl (C=O) groups is 1. The average Bonchev–Trinajstić information content (AvgIpc) is 2.88. The lowest BCUT2D eigenvalue weighted by atomic mass is 9.92. The van der Waals surface area contributed by atoms with Gasteiger partial charge in [-0.15, -0.1) is 0 Å². The third-order valence-corrected chi connectivity index (χ3v) is 6.96. The molecule has 0 unspecified atom stereocenters. The highest BCUT2D eigenvalue weighted by Gasteiger charge is 2.34. The summed E-state index contributed by atoms with van der Waals surface area (Å²) in [6, 6.07) is 13.7. The second-order valence-corrected chi connectivity index (χ2v) is 9.50. The second kappa shape index (κ2) is 11.2. The summed E-state index contributed by atoms with van der Waals surface area (Å²) in [5.41, 5.74) is 1.44. The SMILES string of the molecule is Cc1ccc(N2CCN(C(=O)COC3CCC(Nc4ccc(C#N)c(C(F)(F)F)c4)CC3)CC2)cc1. The number of aryl methyl sites for hydroxylation is 1. The molecular weight excluding hydrogens is 469 g/mol. The van der Waals surface area contributed by atoms with Crippen molar-refractivity contribution in [1.29, 1.82) is 5.26 Å². The van der Waals surface area contributed by atoms with Crippen LogP contribution in [0.3, 0.4) is 0 Å². The average molecular weight is 501 g/mol. The molecule has 1 aliphatic carbocycles. The summed E-state index contributed by atoms with van der Waals surface area (Å²) < 4.78 is 45.5. The molecule has 2 aromatic rings. The van der Waals surface area contributed by atoms with E-state index >= 15 is 0 Å². The molecule has 9 heteroatoms. The lowest BCUT2D eigenvalue weighted by Crippen LogP contribution is -2.50. The van der Waals surface area contributed by atoms with Gasteiger partial charge in [-0.3, -0.25) is 4.79 Å². The fourth-order valence-electron chi connectivity index (χ4n) is 4.83. The zero-order valence-electron chi connectivity index (χ0n) is 20.4. The van der Waals surface area contributed by atoms with Crippen molar-refractivity contribution in [2.24, 2.45) is 0 Å². The summed E-state index contributed by atoms with van der Waals surface area (Å²) >= 11 is 0. The van der Waals surface area contributed by atoms with Crippen LogP contribution >= 0.6 is 0 Å². The topological polar surface area (TPSA) is 68.6 Å². The standard InChI is InChI=1S/C27H31F3N4O2/c1-19-2-8-23(9-3-19)33-12-14-34(15-13-33)26(35)18-36-24-10-6-21(7-11-24)32-22-5-4-20(17-31)25(16-22)27(28,29)30/h2-5,8-9,16,21,24,32H,6-7,10-15,18H2,1H3. The minimum absolute atomic E-state index is 0.00364. The molecule has 2 aromatic carbocycles. The van der Waals surface area contributed by atoms with Crippen molar-refractivity contribution in [1.82, 2.24) is 4.90 Å². The van der Waals surface area contributed by atoms with E-state index in [9.17, 15) is 18.0 Å². The predicted molar refractivity (Wildman–Crippen MR) is 132 cm³/mol. The lowest BCUT2D eigenvalue weighted by molar-refractivity contribution is -0.139. The van der Waals surface area contributed by atoms with Crippen LogP contribution in [0.5, 0.6) is 0 Å². The molecule has 0 spiro atoms. The third kappa shape index (κ3) is 6.49. The maximum Gasteiger partial charge on any atom is 0.417 e. The summed E-state index contributed by atoms with van der Waals surface area (Å²) in [6.07, 6.45) is -1.69. The Morgan fingerprint density at radius 2 is 1.72 bits per heavy atom. The van der Waals surface area contributed by atoms with Crippen molar-refractivity contribution in [3.63, 3.8) is 0 Å².